The quantitative estimate of drug-likeness (QED) is 0.382. The number of aromatic nitrogens is 1. The first kappa shape index (κ1) is 24.0. The molecule has 1 saturated carbocycles. The first-order chi connectivity index (χ1) is 16.4. The Balaban J connectivity index is 1.57. The van der Waals surface area contributed by atoms with Crippen molar-refractivity contribution in [2.45, 2.75) is 51.4 Å². The van der Waals surface area contributed by atoms with Gasteiger partial charge in [-0.2, -0.15) is 0 Å². The number of carbonyl (C=O) groups is 2. The van der Waals surface area contributed by atoms with Gasteiger partial charge < -0.3 is 10.4 Å². The Kier molecular flexibility index (Phi) is 7.63. The fraction of sp³-hybridized carbons (Fsp3) is 0.321. The van der Waals surface area contributed by atoms with Crippen molar-refractivity contribution in [1.29, 1.82) is 0 Å². The van der Waals surface area contributed by atoms with Gasteiger partial charge in [0.05, 0.1) is 10.9 Å². The molecule has 1 amide bonds. The summed E-state index contributed by atoms with van der Waals surface area (Å²) in [5.74, 6) is -0.781. The van der Waals surface area contributed by atoms with Crippen LogP contribution in [0.2, 0.25) is 5.02 Å². The molecule has 1 fully saturated rings. The zero-order chi connectivity index (χ0) is 24.1. The van der Waals surface area contributed by atoms with Crippen LogP contribution in [0.4, 0.5) is 5.69 Å². The number of aryl methyl sites for hydroxylation is 2. The first-order valence-corrected chi connectivity index (χ1v) is 12.1. The van der Waals surface area contributed by atoms with Crippen LogP contribution >= 0.6 is 11.6 Å². The topological polar surface area (TPSA) is 79.3 Å². The van der Waals surface area contributed by atoms with Gasteiger partial charge in [0.15, 0.2) is 0 Å². The number of nitrogens with one attached hydrogen (secondary N) is 1. The number of anilines is 1. The van der Waals surface area contributed by atoms with Crippen LogP contribution in [0.25, 0.3) is 11.1 Å². The number of benzene rings is 2. The molecule has 34 heavy (non-hydrogen) atoms. The van der Waals surface area contributed by atoms with E-state index in [2.05, 4.69) is 10.3 Å². The van der Waals surface area contributed by atoms with Gasteiger partial charge in [0.1, 0.15) is 0 Å². The van der Waals surface area contributed by atoms with E-state index in [1.807, 2.05) is 55.5 Å². The molecule has 0 radical (unpaired) electrons. The van der Waals surface area contributed by atoms with Gasteiger partial charge in [-0.1, -0.05) is 54.8 Å². The molecule has 1 aliphatic carbocycles. The van der Waals surface area contributed by atoms with Crippen molar-refractivity contribution in [2.24, 2.45) is 5.92 Å². The maximum atomic E-state index is 13.6. The van der Waals surface area contributed by atoms with Crippen molar-refractivity contribution in [1.82, 2.24) is 4.98 Å². The molecule has 5 nitrogen and oxygen atoms in total. The molecule has 1 aliphatic rings. The van der Waals surface area contributed by atoms with E-state index < -0.39 is 5.97 Å². The molecule has 2 aromatic carbocycles. The zero-order valence-electron chi connectivity index (χ0n) is 19.3. The number of nitrogens with zero attached hydrogens (tertiary/aromatic N) is 1. The summed E-state index contributed by atoms with van der Waals surface area (Å²) < 4.78 is 0. The minimum Gasteiger partial charge on any atom is -0.481 e. The maximum absolute atomic E-state index is 13.6. The SMILES string of the molecule is Cc1cc(CCC(=O)O)cc(NC(=O)C(c2ccc(-c3cncc(Cl)c3)cc2)C2CCCC2)c1. The van der Waals surface area contributed by atoms with Crippen molar-refractivity contribution >= 4 is 29.2 Å². The number of carboxylic acid groups (broad SMARTS) is 1. The Morgan fingerprint density at radius 2 is 1.79 bits per heavy atom. The second-order valence-electron chi connectivity index (χ2n) is 9.13. The number of halogens is 1. The number of carboxylic acids is 1. The lowest BCUT2D eigenvalue weighted by atomic mass is 9.83. The average molecular weight is 477 g/mol. The molecule has 176 valence electrons. The molecule has 3 aromatic rings. The van der Waals surface area contributed by atoms with Gasteiger partial charge in [-0.25, -0.2) is 0 Å². The number of amides is 1. The van der Waals surface area contributed by atoms with Crippen LogP contribution < -0.4 is 5.32 Å². The van der Waals surface area contributed by atoms with Crippen LogP contribution in [0.5, 0.6) is 0 Å². The fourth-order valence-electron chi connectivity index (χ4n) is 4.93. The number of hydrogen-bond acceptors (Lipinski definition) is 3. The lowest BCUT2D eigenvalue weighted by molar-refractivity contribution is -0.137. The average Bonchev–Trinajstić information content (AvgIpc) is 3.32. The number of aliphatic carboxylic acids is 1. The van der Waals surface area contributed by atoms with E-state index in [9.17, 15) is 9.59 Å². The van der Waals surface area contributed by atoms with Crippen LogP contribution in [-0.2, 0) is 16.0 Å². The smallest absolute Gasteiger partial charge is 0.303 e. The highest BCUT2D eigenvalue weighted by molar-refractivity contribution is 6.30. The van der Waals surface area contributed by atoms with Crippen molar-refractivity contribution in [2.75, 3.05) is 5.32 Å². The molecule has 1 unspecified atom stereocenters. The van der Waals surface area contributed by atoms with Gasteiger partial charge in [-0.15, -0.1) is 0 Å². The summed E-state index contributed by atoms with van der Waals surface area (Å²) in [5.41, 5.74) is 5.57. The van der Waals surface area contributed by atoms with Crippen LogP contribution in [-0.4, -0.2) is 22.0 Å². The van der Waals surface area contributed by atoms with E-state index in [-0.39, 0.29) is 18.2 Å². The number of carbonyl (C=O) groups excluding carboxylic acids is 1. The normalized spacial score (nSPS) is 14.6. The Labute approximate surface area is 205 Å². The van der Waals surface area contributed by atoms with Gasteiger partial charge in [-0.05, 0) is 72.6 Å². The summed E-state index contributed by atoms with van der Waals surface area (Å²) in [6.45, 7) is 1.96. The van der Waals surface area contributed by atoms with Crippen LogP contribution in [0.1, 0.15) is 54.7 Å². The summed E-state index contributed by atoms with van der Waals surface area (Å²) in [4.78, 5) is 28.7. The molecule has 6 heteroatoms. The maximum Gasteiger partial charge on any atom is 0.303 e. The summed E-state index contributed by atoms with van der Waals surface area (Å²) in [6, 6.07) is 15.8. The Bertz CT molecular complexity index is 1170. The third kappa shape index (κ3) is 6.03. The third-order valence-corrected chi connectivity index (χ3v) is 6.70. The second kappa shape index (κ2) is 10.8. The molecule has 0 aliphatic heterocycles. The number of rotatable bonds is 8. The van der Waals surface area contributed by atoms with E-state index in [0.717, 1.165) is 59.2 Å². The molecule has 2 N–H and O–H groups in total. The Hall–Kier alpha value is -3.18. The zero-order valence-corrected chi connectivity index (χ0v) is 20.0. The third-order valence-electron chi connectivity index (χ3n) is 6.49. The fourth-order valence-corrected chi connectivity index (χ4v) is 5.11. The summed E-state index contributed by atoms with van der Waals surface area (Å²) in [6.07, 6.45) is 8.25. The molecule has 0 saturated heterocycles. The molecule has 0 bridgehead atoms. The van der Waals surface area contributed by atoms with E-state index >= 15 is 0 Å². The molecular weight excluding hydrogens is 448 g/mol. The molecular formula is C28H29ClN2O3. The van der Waals surface area contributed by atoms with Gasteiger partial charge in [0.25, 0.3) is 0 Å². The lowest BCUT2D eigenvalue weighted by Crippen LogP contribution is -2.26. The van der Waals surface area contributed by atoms with Crippen molar-refractivity contribution < 1.29 is 14.7 Å². The van der Waals surface area contributed by atoms with Crippen LogP contribution in [0.15, 0.2) is 60.9 Å². The molecule has 0 spiro atoms. The van der Waals surface area contributed by atoms with E-state index in [0.29, 0.717) is 17.4 Å². The molecule has 1 heterocycles. The van der Waals surface area contributed by atoms with Gasteiger partial charge in [-0.3, -0.25) is 14.6 Å². The van der Waals surface area contributed by atoms with E-state index in [1.54, 1.807) is 12.4 Å². The van der Waals surface area contributed by atoms with E-state index in [4.69, 9.17) is 16.7 Å². The van der Waals surface area contributed by atoms with Gasteiger partial charge in [0, 0.05) is 30.1 Å². The van der Waals surface area contributed by atoms with Gasteiger partial charge in [0.2, 0.25) is 5.91 Å². The van der Waals surface area contributed by atoms with Crippen molar-refractivity contribution in [3.63, 3.8) is 0 Å². The monoisotopic (exact) mass is 476 g/mol. The van der Waals surface area contributed by atoms with Crippen molar-refractivity contribution in [3.05, 3.63) is 82.6 Å². The largest absolute Gasteiger partial charge is 0.481 e. The highest BCUT2D eigenvalue weighted by Gasteiger charge is 2.32. The summed E-state index contributed by atoms with van der Waals surface area (Å²) in [7, 11) is 0. The lowest BCUT2D eigenvalue weighted by Gasteiger charge is -2.24. The minimum absolute atomic E-state index is 0.0149. The summed E-state index contributed by atoms with van der Waals surface area (Å²) >= 11 is 6.09. The minimum atomic E-state index is -0.828. The van der Waals surface area contributed by atoms with Crippen molar-refractivity contribution in [3.8, 4) is 11.1 Å². The predicted octanol–water partition coefficient (Wildman–Crippen LogP) is 6.64. The highest BCUT2D eigenvalue weighted by Crippen LogP contribution is 2.39. The molecule has 4 rings (SSSR count). The molecule has 1 aromatic heterocycles. The number of hydrogen-bond donors (Lipinski definition) is 2. The standard InChI is InChI=1S/C28H29ClN2O3/c1-18-12-19(6-11-26(32)33)14-25(13-18)31-28(34)27(21-4-2-3-5-21)22-9-7-20(8-10-22)23-15-24(29)17-30-16-23/h7-10,12-17,21,27H,2-6,11H2,1H3,(H,31,34)(H,32,33). The Morgan fingerprint density at radius 1 is 1.06 bits per heavy atom. The Morgan fingerprint density at radius 3 is 2.47 bits per heavy atom. The molecule has 1 atom stereocenters. The van der Waals surface area contributed by atoms with E-state index in [1.165, 1.54) is 0 Å². The summed E-state index contributed by atoms with van der Waals surface area (Å²) in [5, 5.41) is 12.7. The predicted molar refractivity (Wildman–Crippen MR) is 135 cm³/mol. The second-order valence-corrected chi connectivity index (χ2v) is 9.56. The van der Waals surface area contributed by atoms with Crippen LogP contribution in [0.3, 0.4) is 0 Å². The van der Waals surface area contributed by atoms with Crippen LogP contribution in [0, 0.1) is 12.8 Å². The van der Waals surface area contributed by atoms with Gasteiger partial charge >= 0.3 is 5.97 Å². The first-order valence-electron chi connectivity index (χ1n) is 11.7. The number of pyridine rings is 1. The highest BCUT2D eigenvalue weighted by atomic mass is 35.5.